The molecule has 1 aromatic carbocycles. The van der Waals surface area contributed by atoms with Crippen molar-refractivity contribution in [1.29, 1.82) is 0 Å². The molecular formula is C9H8I3OSi. The van der Waals surface area contributed by atoms with Crippen LogP contribution in [0.5, 0.6) is 5.75 Å². The average molecular weight is 541 g/mol. The summed E-state index contributed by atoms with van der Waals surface area (Å²) in [5.41, 5.74) is 0. The summed E-state index contributed by atoms with van der Waals surface area (Å²) in [6.07, 6.45) is 1.04. The fraction of sp³-hybridized carbons (Fsp3) is 0.333. The molecule has 14 heavy (non-hydrogen) atoms. The lowest BCUT2D eigenvalue weighted by molar-refractivity contribution is 0.313. The molecule has 0 fully saturated rings. The van der Waals surface area contributed by atoms with Gasteiger partial charge in [0.05, 0.1) is 13.7 Å². The minimum Gasteiger partial charge on any atom is -0.491 e. The maximum atomic E-state index is 5.74. The maximum absolute atomic E-state index is 5.74. The second-order valence-corrected chi connectivity index (χ2v) is 6.53. The Morgan fingerprint density at radius 1 is 1.14 bits per heavy atom. The van der Waals surface area contributed by atoms with Crippen molar-refractivity contribution in [2.45, 2.75) is 12.5 Å². The molecule has 0 aliphatic heterocycles. The van der Waals surface area contributed by atoms with E-state index in [9.17, 15) is 0 Å². The highest BCUT2D eigenvalue weighted by Crippen LogP contribution is 2.31. The molecule has 1 nitrogen and oxygen atoms in total. The summed E-state index contributed by atoms with van der Waals surface area (Å²) >= 11 is 6.97. The second kappa shape index (κ2) is 6.89. The quantitative estimate of drug-likeness (QED) is 0.244. The van der Waals surface area contributed by atoms with Crippen LogP contribution in [0.25, 0.3) is 0 Å². The lowest BCUT2D eigenvalue weighted by Gasteiger charge is -2.10. The van der Waals surface area contributed by atoms with Crippen LogP contribution in [0.1, 0.15) is 6.42 Å². The summed E-state index contributed by atoms with van der Waals surface area (Å²) in [6, 6.07) is 5.19. The first-order valence-corrected chi connectivity index (χ1v) is 8.02. The van der Waals surface area contributed by atoms with Gasteiger partial charge in [0.1, 0.15) is 5.75 Å². The third kappa shape index (κ3) is 3.78. The molecular weight excluding hydrogens is 533 g/mol. The first-order chi connectivity index (χ1) is 6.66. The first-order valence-electron chi connectivity index (χ1n) is 4.07. The van der Waals surface area contributed by atoms with E-state index in [4.69, 9.17) is 4.74 Å². The molecule has 3 radical (unpaired) electrons. The number of ether oxygens (including phenoxy) is 1. The van der Waals surface area contributed by atoms with E-state index in [0.29, 0.717) is 0 Å². The Labute approximate surface area is 129 Å². The number of halogens is 3. The standard InChI is InChI=1S/C9H8I3OSi/c10-6-2-3-7(11)9(8(6)12)13-4-1-5-14/h2-3H,1,4-5H2. The Morgan fingerprint density at radius 2 is 1.79 bits per heavy atom. The molecule has 0 unspecified atom stereocenters. The van der Waals surface area contributed by atoms with Crippen LogP contribution in [-0.2, 0) is 0 Å². The van der Waals surface area contributed by atoms with E-state index in [1.54, 1.807) is 0 Å². The molecule has 0 bridgehead atoms. The van der Waals surface area contributed by atoms with Gasteiger partial charge in [0.15, 0.2) is 0 Å². The summed E-state index contributed by atoms with van der Waals surface area (Å²) in [5, 5.41) is 0. The van der Waals surface area contributed by atoms with Crippen LogP contribution < -0.4 is 4.74 Å². The van der Waals surface area contributed by atoms with Crippen LogP contribution in [0.2, 0.25) is 6.04 Å². The molecule has 0 spiro atoms. The van der Waals surface area contributed by atoms with Crippen LogP contribution in [0.15, 0.2) is 12.1 Å². The van der Waals surface area contributed by atoms with Crippen molar-refractivity contribution in [3.63, 3.8) is 0 Å². The van der Waals surface area contributed by atoms with Gasteiger partial charge in [-0.05, 0) is 86.3 Å². The van der Waals surface area contributed by atoms with Crippen molar-refractivity contribution in [3.8, 4) is 5.75 Å². The number of hydrogen-bond acceptors (Lipinski definition) is 1. The fourth-order valence-corrected chi connectivity index (χ4v) is 3.20. The molecule has 75 valence electrons. The Balaban J connectivity index is 2.79. The van der Waals surface area contributed by atoms with E-state index in [-0.39, 0.29) is 0 Å². The van der Waals surface area contributed by atoms with Gasteiger partial charge >= 0.3 is 0 Å². The van der Waals surface area contributed by atoms with Crippen LogP contribution in [0, 0.1) is 10.7 Å². The Bertz CT molecular complexity index is 317. The van der Waals surface area contributed by atoms with Crippen molar-refractivity contribution in [3.05, 3.63) is 22.8 Å². The average Bonchev–Trinajstić information content (AvgIpc) is 2.18. The van der Waals surface area contributed by atoms with Crippen LogP contribution in [0.3, 0.4) is 0 Å². The van der Waals surface area contributed by atoms with Crippen LogP contribution in [-0.4, -0.2) is 16.8 Å². The number of hydrogen-bond donors (Lipinski definition) is 0. The van der Waals surface area contributed by atoms with Crippen molar-refractivity contribution >= 4 is 78.0 Å². The number of rotatable bonds is 4. The zero-order chi connectivity index (χ0) is 10.6. The van der Waals surface area contributed by atoms with Gasteiger partial charge in [-0.1, -0.05) is 6.04 Å². The third-order valence-electron chi connectivity index (χ3n) is 1.57. The highest BCUT2D eigenvalue weighted by Gasteiger charge is 2.08. The summed E-state index contributed by atoms with van der Waals surface area (Å²) in [4.78, 5) is 0. The zero-order valence-electron chi connectivity index (χ0n) is 7.32. The molecule has 0 aliphatic carbocycles. The molecule has 5 heteroatoms. The molecule has 0 amide bonds. The first kappa shape index (κ1) is 13.5. The van der Waals surface area contributed by atoms with Crippen molar-refractivity contribution in [2.75, 3.05) is 6.61 Å². The summed E-state index contributed by atoms with van der Waals surface area (Å²) in [6.45, 7) is 0.773. The SMILES string of the molecule is [Si]CCCOc1c(I)ccc(I)c1I. The van der Waals surface area contributed by atoms with Gasteiger partial charge in [-0.25, -0.2) is 0 Å². The van der Waals surface area contributed by atoms with Crippen molar-refractivity contribution in [2.24, 2.45) is 0 Å². The van der Waals surface area contributed by atoms with E-state index >= 15 is 0 Å². The summed E-state index contributed by atoms with van der Waals surface area (Å²) in [5.74, 6) is 1.03. The fourth-order valence-electron chi connectivity index (χ4n) is 0.887. The van der Waals surface area contributed by atoms with Crippen molar-refractivity contribution < 1.29 is 4.74 Å². The zero-order valence-corrected chi connectivity index (χ0v) is 14.8. The topological polar surface area (TPSA) is 9.23 Å². The minimum absolute atomic E-state index is 0.773. The van der Waals surface area contributed by atoms with Gasteiger partial charge in [-0.15, -0.1) is 0 Å². The van der Waals surface area contributed by atoms with Crippen LogP contribution >= 0.6 is 67.8 Å². The molecule has 0 heterocycles. The van der Waals surface area contributed by atoms with Gasteiger partial charge in [0.2, 0.25) is 0 Å². The maximum Gasteiger partial charge on any atom is 0.146 e. The predicted molar refractivity (Wildman–Crippen MR) is 85.3 cm³/mol. The van der Waals surface area contributed by atoms with Gasteiger partial charge in [0, 0.05) is 13.8 Å². The molecule has 1 rings (SSSR count). The van der Waals surface area contributed by atoms with Gasteiger partial charge in [-0.3, -0.25) is 0 Å². The lowest BCUT2D eigenvalue weighted by Crippen LogP contribution is -2.01. The van der Waals surface area contributed by atoms with Gasteiger partial charge < -0.3 is 4.74 Å². The van der Waals surface area contributed by atoms with Gasteiger partial charge in [-0.2, -0.15) is 0 Å². The molecule has 0 aliphatic rings. The molecule has 0 aromatic heterocycles. The van der Waals surface area contributed by atoms with E-state index < -0.39 is 0 Å². The normalized spacial score (nSPS) is 10.3. The smallest absolute Gasteiger partial charge is 0.146 e. The van der Waals surface area contributed by atoms with E-state index in [2.05, 4.69) is 90.1 Å². The largest absolute Gasteiger partial charge is 0.491 e. The molecule has 0 saturated carbocycles. The Kier molecular flexibility index (Phi) is 6.64. The van der Waals surface area contributed by atoms with E-state index in [0.717, 1.165) is 24.8 Å². The monoisotopic (exact) mass is 541 g/mol. The Morgan fingerprint density at radius 3 is 2.43 bits per heavy atom. The Hall–Kier alpha value is 1.43. The molecule has 0 atom stereocenters. The molecule has 0 N–H and O–H groups in total. The second-order valence-electron chi connectivity index (χ2n) is 2.62. The predicted octanol–water partition coefficient (Wildman–Crippen LogP) is 3.86. The minimum atomic E-state index is 0.773. The molecule has 0 saturated heterocycles. The van der Waals surface area contributed by atoms with Crippen LogP contribution in [0.4, 0.5) is 0 Å². The summed E-state index contributed by atoms with van der Waals surface area (Å²) in [7, 11) is 3.43. The number of benzene rings is 1. The van der Waals surface area contributed by atoms with E-state index in [1.165, 1.54) is 10.7 Å². The molecule has 1 aromatic rings. The lowest BCUT2D eigenvalue weighted by atomic mass is 10.3. The van der Waals surface area contributed by atoms with E-state index in [1.807, 2.05) is 0 Å². The summed E-state index contributed by atoms with van der Waals surface area (Å²) < 4.78 is 9.38. The third-order valence-corrected chi connectivity index (χ3v) is 5.77. The van der Waals surface area contributed by atoms with Gasteiger partial charge in [0.25, 0.3) is 0 Å². The van der Waals surface area contributed by atoms with Crippen molar-refractivity contribution in [1.82, 2.24) is 0 Å². The highest BCUT2D eigenvalue weighted by atomic mass is 127. The highest BCUT2D eigenvalue weighted by molar-refractivity contribution is 14.1.